The van der Waals surface area contributed by atoms with Crippen LogP contribution in [0.15, 0.2) is 0 Å². The molecule has 76 valence electrons. The van der Waals surface area contributed by atoms with E-state index in [-0.39, 0.29) is 0 Å². The number of H-pyrrole nitrogens is 1. The number of nitrogens with zero attached hydrogens (tertiary/aromatic N) is 1. The SMILES string of the molecule is C1Cc2[nH]nc(C3CCNCC3)c2C1. The van der Waals surface area contributed by atoms with Crippen molar-refractivity contribution in [3.8, 4) is 0 Å². The molecular formula is C11H17N3. The predicted molar refractivity (Wildman–Crippen MR) is 55.5 cm³/mol. The molecule has 0 spiro atoms. The highest BCUT2D eigenvalue weighted by Gasteiger charge is 2.25. The van der Waals surface area contributed by atoms with Crippen LogP contribution in [0.25, 0.3) is 0 Å². The summed E-state index contributed by atoms with van der Waals surface area (Å²) in [4.78, 5) is 0. The molecule has 2 heterocycles. The summed E-state index contributed by atoms with van der Waals surface area (Å²) in [6.45, 7) is 2.32. The van der Waals surface area contributed by atoms with Crippen molar-refractivity contribution >= 4 is 0 Å². The smallest absolute Gasteiger partial charge is 0.0688 e. The van der Waals surface area contributed by atoms with Crippen LogP contribution >= 0.6 is 0 Å². The first-order chi connectivity index (χ1) is 6.95. The van der Waals surface area contributed by atoms with Crippen LogP contribution in [0.5, 0.6) is 0 Å². The summed E-state index contributed by atoms with van der Waals surface area (Å²) in [5, 5.41) is 11.1. The van der Waals surface area contributed by atoms with Gasteiger partial charge in [-0.25, -0.2) is 0 Å². The van der Waals surface area contributed by atoms with Crippen molar-refractivity contribution in [3.63, 3.8) is 0 Å². The largest absolute Gasteiger partial charge is 0.317 e. The Bertz CT molecular complexity index is 323. The molecule has 1 saturated heterocycles. The Morgan fingerprint density at radius 3 is 2.86 bits per heavy atom. The molecule has 0 aromatic carbocycles. The molecule has 1 aromatic heterocycles. The maximum absolute atomic E-state index is 4.51. The van der Waals surface area contributed by atoms with Gasteiger partial charge in [-0.05, 0) is 50.8 Å². The lowest BCUT2D eigenvalue weighted by Gasteiger charge is -2.21. The number of aromatic amines is 1. The minimum Gasteiger partial charge on any atom is -0.317 e. The lowest BCUT2D eigenvalue weighted by Crippen LogP contribution is -2.27. The molecule has 3 nitrogen and oxygen atoms in total. The topological polar surface area (TPSA) is 40.7 Å². The summed E-state index contributed by atoms with van der Waals surface area (Å²) in [5.41, 5.74) is 4.36. The fraction of sp³-hybridized carbons (Fsp3) is 0.727. The van der Waals surface area contributed by atoms with Crippen molar-refractivity contribution in [1.82, 2.24) is 15.5 Å². The molecule has 1 aromatic rings. The highest BCUT2D eigenvalue weighted by Crippen LogP contribution is 2.31. The number of aromatic nitrogens is 2. The maximum atomic E-state index is 4.51. The van der Waals surface area contributed by atoms with Gasteiger partial charge < -0.3 is 5.32 Å². The average Bonchev–Trinajstić information content (AvgIpc) is 2.79. The highest BCUT2D eigenvalue weighted by atomic mass is 15.1. The predicted octanol–water partition coefficient (Wildman–Crippen LogP) is 1.37. The van der Waals surface area contributed by atoms with E-state index in [1.807, 2.05) is 0 Å². The van der Waals surface area contributed by atoms with Crippen molar-refractivity contribution in [2.24, 2.45) is 0 Å². The van der Waals surface area contributed by atoms with E-state index in [0.717, 1.165) is 13.1 Å². The molecule has 0 unspecified atom stereocenters. The second-order valence-corrected chi connectivity index (χ2v) is 4.44. The molecule has 0 amide bonds. The Balaban J connectivity index is 1.88. The van der Waals surface area contributed by atoms with E-state index in [4.69, 9.17) is 0 Å². The monoisotopic (exact) mass is 191 g/mol. The zero-order chi connectivity index (χ0) is 9.38. The molecular weight excluding hydrogens is 174 g/mol. The zero-order valence-corrected chi connectivity index (χ0v) is 8.47. The highest BCUT2D eigenvalue weighted by molar-refractivity contribution is 5.32. The van der Waals surface area contributed by atoms with E-state index in [1.165, 1.54) is 43.5 Å². The first-order valence-electron chi connectivity index (χ1n) is 5.72. The number of hydrogen-bond donors (Lipinski definition) is 2. The third kappa shape index (κ3) is 1.27. The van der Waals surface area contributed by atoms with Gasteiger partial charge in [-0.2, -0.15) is 5.10 Å². The summed E-state index contributed by atoms with van der Waals surface area (Å²) >= 11 is 0. The Morgan fingerprint density at radius 2 is 2.00 bits per heavy atom. The van der Waals surface area contributed by atoms with Crippen LogP contribution < -0.4 is 5.32 Å². The Kier molecular flexibility index (Phi) is 2.05. The molecule has 3 rings (SSSR count). The molecule has 1 fully saturated rings. The van der Waals surface area contributed by atoms with Crippen molar-refractivity contribution in [2.75, 3.05) is 13.1 Å². The average molecular weight is 191 g/mol. The van der Waals surface area contributed by atoms with Gasteiger partial charge in [-0.1, -0.05) is 0 Å². The van der Waals surface area contributed by atoms with Crippen LogP contribution in [0.2, 0.25) is 0 Å². The van der Waals surface area contributed by atoms with E-state index in [0.29, 0.717) is 5.92 Å². The number of hydrogen-bond acceptors (Lipinski definition) is 2. The Labute approximate surface area is 84.3 Å². The summed E-state index contributed by atoms with van der Waals surface area (Å²) in [6.07, 6.45) is 6.31. The van der Waals surface area contributed by atoms with Gasteiger partial charge in [0.05, 0.1) is 5.69 Å². The number of rotatable bonds is 1. The van der Waals surface area contributed by atoms with Crippen LogP contribution in [0, 0.1) is 0 Å². The second kappa shape index (κ2) is 3.39. The Hall–Kier alpha value is -0.830. The third-order valence-corrected chi connectivity index (χ3v) is 3.56. The van der Waals surface area contributed by atoms with E-state index in [2.05, 4.69) is 15.5 Å². The van der Waals surface area contributed by atoms with Crippen LogP contribution in [-0.4, -0.2) is 23.3 Å². The Morgan fingerprint density at radius 1 is 1.14 bits per heavy atom. The number of nitrogens with one attached hydrogen (secondary N) is 2. The van der Waals surface area contributed by atoms with Gasteiger partial charge in [0.1, 0.15) is 0 Å². The van der Waals surface area contributed by atoms with Crippen molar-refractivity contribution in [2.45, 2.75) is 38.0 Å². The normalized spacial score (nSPS) is 22.6. The lowest BCUT2D eigenvalue weighted by molar-refractivity contribution is 0.450. The van der Waals surface area contributed by atoms with Gasteiger partial charge >= 0.3 is 0 Å². The molecule has 2 aliphatic rings. The number of aryl methyl sites for hydroxylation is 1. The van der Waals surface area contributed by atoms with Crippen molar-refractivity contribution in [1.29, 1.82) is 0 Å². The second-order valence-electron chi connectivity index (χ2n) is 4.44. The molecule has 0 radical (unpaired) electrons. The van der Waals surface area contributed by atoms with E-state index >= 15 is 0 Å². The standard InChI is InChI=1S/C11H17N3/c1-2-9-10(3-1)13-14-11(9)8-4-6-12-7-5-8/h8,12H,1-7H2,(H,13,14). The first-order valence-corrected chi connectivity index (χ1v) is 5.72. The fourth-order valence-electron chi connectivity index (χ4n) is 2.78. The zero-order valence-electron chi connectivity index (χ0n) is 8.47. The minimum absolute atomic E-state index is 0.717. The van der Waals surface area contributed by atoms with Crippen molar-refractivity contribution in [3.05, 3.63) is 17.0 Å². The van der Waals surface area contributed by atoms with Crippen LogP contribution in [0.1, 0.15) is 42.1 Å². The van der Waals surface area contributed by atoms with E-state index in [1.54, 1.807) is 5.56 Å². The molecule has 2 N–H and O–H groups in total. The summed E-state index contributed by atoms with van der Waals surface area (Å²) in [5.74, 6) is 0.717. The molecule has 0 atom stereocenters. The van der Waals surface area contributed by atoms with Gasteiger partial charge in [0.15, 0.2) is 0 Å². The third-order valence-electron chi connectivity index (χ3n) is 3.56. The summed E-state index contributed by atoms with van der Waals surface area (Å²) in [6, 6.07) is 0. The lowest BCUT2D eigenvalue weighted by atomic mass is 9.92. The van der Waals surface area contributed by atoms with Gasteiger partial charge in [-0.3, -0.25) is 5.10 Å². The molecule has 0 bridgehead atoms. The minimum atomic E-state index is 0.717. The van der Waals surface area contributed by atoms with Gasteiger partial charge in [-0.15, -0.1) is 0 Å². The van der Waals surface area contributed by atoms with Gasteiger partial charge in [0.2, 0.25) is 0 Å². The summed E-state index contributed by atoms with van der Waals surface area (Å²) < 4.78 is 0. The van der Waals surface area contributed by atoms with Crippen molar-refractivity contribution < 1.29 is 0 Å². The number of fused-ring (bicyclic) bond motifs is 1. The quantitative estimate of drug-likeness (QED) is 0.703. The van der Waals surface area contributed by atoms with Crippen LogP contribution in [0.3, 0.4) is 0 Å². The molecule has 14 heavy (non-hydrogen) atoms. The van der Waals surface area contributed by atoms with E-state index < -0.39 is 0 Å². The van der Waals surface area contributed by atoms with Gasteiger partial charge in [0, 0.05) is 11.6 Å². The molecule has 1 aliphatic carbocycles. The van der Waals surface area contributed by atoms with Gasteiger partial charge in [0.25, 0.3) is 0 Å². The fourth-order valence-corrected chi connectivity index (χ4v) is 2.78. The maximum Gasteiger partial charge on any atom is 0.0688 e. The molecule has 1 aliphatic heterocycles. The van der Waals surface area contributed by atoms with E-state index in [9.17, 15) is 0 Å². The summed E-state index contributed by atoms with van der Waals surface area (Å²) in [7, 11) is 0. The van der Waals surface area contributed by atoms with Crippen LogP contribution in [-0.2, 0) is 12.8 Å². The number of piperidine rings is 1. The van der Waals surface area contributed by atoms with Crippen LogP contribution in [0.4, 0.5) is 0 Å². The molecule has 3 heteroatoms. The molecule has 0 saturated carbocycles. The first kappa shape index (κ1) is 8.48.